The van der Waals surface area contributed by atoms with E-state index in [-0.39, 0.29) is 15.8 Å². The van der Waals surface area contributed by atoms with E-state index in [9.17, 15) is 5.11 Å². The van der Waals surface area contributed by atoms with E-state index < -0.39 is 0 Å². The highest BCUT2D eigenvalue weighted by molar-refractivity contribution is 6.37. The molecule has 20 heavy (non-hydrogen) atoms. The number of anilines is 1. The summed E-state index contributed by atoms with van der Waals surface area (Å²) in [6.07, 6.45) is 1.92. The van der Waals surface area contributed by atoms with Crippen LogP contribution in [-0.2, 0) is 6.54 Å². The molecule has 102 valence electrons. The van der Waals surface area contributed by atoms with E-state index in [4.69, 9.17) is 23.2 Å². The van der Waals surface area contributed by atoms with Crippen LogP contribution in [0.2, 0.25) is 10.0 Å². The average Bonchev–Trinajstić information content (AvgIpc) is 2.91. The largest absolute Gasteiger partial charge is 0.505 e. The molecular formula is C15H12Cl2N2O. The second kappa shape index (κ2) is 5.27. The normalized spacial score (nSPS) is 10.9. The number of halogens is 2. The van der Waals surface area contributed by atoms with E-state index in [0.29, 0.717) is 6.54 Å². The molecule has 5 heteroatoms. The van der Waals surface area contributed by atoms with Crippen LogP contribution in [0.5, 0.6) is 5.75 Å². The molecule has 0 saturated carbocycles. The summed E-state index contributed by atoms with van der Waals surface area (Å²) < 4.78 is 0. The van der Waals surface area contributed by atoms with Gasteiger partial charge in [0.2, 0.25) is 0 Å². The SMILES string of the molecule is Oc1c(Cl)cc(NCc2cccc3cc[nH]c23)cc1Cl. The van der Waals surface area contributed by atoms with Crippen LogP contribution < -0.4 is 5.32 Å². The van der Waals surface area contributed by atoms with Gasteiger partial charge in [0.25, 0.3) is 0 Å². The molecule has 0 fully saturated rings. The van der Waals surface area contributed by atoms with Crippen LogP contribution in [-0.4, -0.2) is 10.1 Å². The van der Waals surface area contributed by atoms with Gasteiger partial charge in [-0.2, -0.15) is 0 Å². The van der Waals surface area contributed by atoms with Gasteiger partial charge in [-0.1, -0.05) is 41.4 Å². The van der Waals surface area contributed by atoms with E-state index in [2.05, 4.69) is 22.4 Å². The van der Waals surface area contributed by atoms with Crippen LogP contribution in [0.25, 0.3) is 10.9 Å². The van der Waals surface area contributed by atoms with Crippen molar-refractivity contribution in [2.75, 3.05) is 5.32 Å². The molecule has 1 aromatic heterocycles. The molecular weight excluding hydrogens is 295 g/mol. The zero-order chi connectivity index (χ0) is 14.1. The molecule has 0 aliphatic rings. The van der Waals surface area contributed by atoms with Crippen molar-refractivity contribution in [3.63, 3.8) is 0 Å². The summed E-state index contributed by atoms with van der Waals surface area (Å²) in [5.41, 5.74) is 3.02. The van der Waals surface area contributed by atoms with Gasteiger partial charge in [-0.25, -0.2) is 0 Å². The number of phenols is 1. The predicted molar refractivity (Wildman–Crippen MR) is 83.8 cm³/mol. The molecule has 0 unspecified atom stereocenters. The van der Waals surface area contributed by atoms with Crippen molar-refractivity contribution in [1.29, 1.82) is 0 Å². The number of aromatic nitrogens is 1. The minimum Gasteiger partial charge on any atom is -0.505 e. The summed E-state index contributed by atoms with van der Waals surface area (Å²) in [5.74, 6) is -0.0923. The fourth-order valence-corrected chi connectivity index (χ4v) is 2.65. The maximum Gasteiger partial charge on any atom is 0.152 e. The van der Waals surface area contributed by atoms with Crippen molar-refractivity contribution in [2.24, 2.45) is 0 Å². The van der Waals surface area contributed by atoms with E-state index in [1.165, 1.54) is 5.39 Å². The van der Waals surface area contributed by atoms with Crippen LogP contribution in [0, 0.1) is 0 Å². The van der Waals surface area contributed by atoms with Crippen LogP contribution in [0.4, 0.5) is 5.69 Å². The number of phenolic OH excluding ortho intramolecular Hbond substituents is 1. The summed E-state index contributed by atoms with van der Waals surface area (Å²) >= 11 is 11.8. The summed E-state index contributed by atoms with van der Waals surface area (Å²) in [6, 6.07) is 11.5. The summed E-state index contributed by atoms with van der Waals surface area (Å²) in [7, 11) is 0. The molecule has 2 aromatic carbocycles. The number of H-pyrrole nitrogens is 1. The van der Waals surface area contributed by atoms with Crippen LogP contribution >= 0.6 is 23.2 Å². The number of hydrogen-bond donors (Lipinski definition) is 3. The van der Waals surface area contributed by atoms with E-state index >= 15 is 0 Å². The molecule has 0 spiro atoms. The Balaban J connectivity index is 1.85. The second-order valence-electron chi connectivity index (χ2n) is 4.50. The Labute approximate surface area is 126 Å². The maximum atomic E-state index is 9.53. The maximum absolute atomic E-state index is 9.53. The first-order chi connectivity index (χ1) is 9.65. The van der Waals surface area contributed by atoms with Gasteiger partial charge >= 0.3 is 0 Å². The lowest BCUT2D eigenvalue weighted by atomic mass is 10.1. The Morgan fingerprint density at radius 3 is 2.60 bits per heavy atom. The van der Waals surface area contributed by atoms with Crippen molar-refractivity contribution >= 4 is 39.8 Å². The van der Waals surface area contributed by atoms with Crippen molar-refractivity contribution in [3.8, 4) is 5.75 Å². The van der Waals surface area contributed by atoms with Gasteiger partial charge in [-0.05, 0) is 29.1 Å². The molecule has 0 saturated heterocycles. The van der Waals surface area contributed by atoms with Crippen LogP contribution in [0.15, 0.2) is 42.6 Å². The molecule has 0 atom stereocenters. The molecule has 3 rings (SSSR count). The van der Waals surface area contributed by atoms with Gasteiger partial charge in [0.1, 0.15) is 0 Å². The van der Waals surface area contributed by atoms with Gasteiger partial charge in [0, 0.05) is 18.4 Å². The fourth-order valence-electron chi connectivity index (χ4n) is 2.16. The lowest BCUT2D eigenvalue weighted by Crippen LogP contribution is -2.00. The number of fused-ring (bicyclic) bond motifs is 1. The molecule has 0 bridgehead atoms. The summed E-state index contributed by atoms with van der Waals surface area (Å²) in [4.78, 5) is 3.22. The van der Waals surface area contributed by atoms with Crippen molar-refractivity contribution in [2.45, 2.75) is 6.54 Å². The number of aromatic hydroxyl groups is 1. The number of aromatic amines is 1. The summed E-state index contributed by atoms with van der Waals surface area (Å²) in [6.45, 7) is 0.634. The second-order valence-corrected chi connectivity index (χ2v) is 5.32. The Morgan fingerprint density at radius 2 is 1.85 bits per heavy atom. The van der Waals surface area contributed by atoms with Gasteiger partial charge in [0.15, 0.2) is 5.75 Å². The quantitative estimate of drug-likeness (QED) is 0.609. The first kappa shape index (κ1) is 13.2. The molecule has 3 nitrogen and oxygen atoms in total. The Morgan fingerprint density at radius 1 is 1.10 bits per heavy atom. The average molecular weight is 307 g/mol. The van der Waals surface area contributed by atoms with Gasteiger partial charge in [-0.15, -0.1) is 0 Å². The van der Waals surface area contributed by atoms with Crippen LogP contribution in [0.3, 0.4) is 0 Å². The number of para-hydroxylation sites is 1. The zero-order valence-corrected chi connectivity index (χ0v) is 12.0. The molecule has 0 amide bonds. The molecule has 1 heterocycles. The monoisotopic (exact) mass is 306 g/mol. The highest BCUT2D eigenvalue weighted by Crippen LogP contribution is 2.34. The van der Waals surface area contributed by atoms with E-state index in [1.807, 2.05) is 18.3 Å². The first-order valence-corrected chi connectivity index (χ1v) is 6.87. The zero-order valence-electron chi connectivity index (χ0n) is 10.5. The molecule has 3 aromatic rings. The van der Waals surface area contributed by atoms with Gasteiger partial charge in [-0.3, -0.25) is 0 Å². The highest BCUT2D eigenvalue weighted by Gasteiger charge is 2.07. The third-order valence-corrected chi connectivity index (χ3v) is 3.75. The van der Waals surface area contributed by atoms with Gasteiger partial charge in [0.05, 0.1) is 15.6 Å². The number of nitrogens with one attached hydrogen (secondary N) is 2. The Kier molecular flexibility index (Phi) is 3.47. The molecule has 0 radical (unpaired) electrons. The predicted octanol–water partition coefficient (Wildman–Crippen LogP) is 4.79. The fraction of sp³-hybridized carbons (Fsp3) is 0.0667. The smallest absolute Gasteiger partial charge is 0.152 e. The third-order valence-electron chi connectivity index (χ3n) is 3.17. The van der Waals surface area contributed by atoms with Crippen LogP contribution in [0.1, 0.15) is 5.56 Å². The Bertz CT molecular complexity index is 744. The van der Waals surface area contributed by atoms with Crippen molar-refractivity contribution in [3.05, 3.63) is 58.2 Å². The molecule has 0 aliphatic heterocycles. The number of hydrogen-bond acceptors (Lipinski definition) is 2. The standard InChI is InChI=1S/C15H12Cl2N2O/c16-12-6-11(7-13(17)15(12)20)19-8-10-3-1-2-9-4-5-18-14(9)10/h1-7,18-20H,8H2. The first-order valence-electron chi connectivity index (χ1n) is 6.12. The minimum atomic E-state index is -0.0923. The van der Waals surface area contributed by atoms with E-state index in [1.54, 1.807) is 12.1 Å². The summed E-state index contributed by atoms with van der Waals surface area (Å²) in [5, 5.41) is 14.4. The lowest BCUT2D eigenvalue weighted by Gasteiger charge is -2.10. The topological polar surface area (TPSA) is 48.0 Å². The number of rotatable bonds is 3. The lowest BCUT2D eigenvalue weighted by molar-refractivity contribution is 0.476. The number of benzene rings is 2. The van der Waals surface area contributed by atoms with E-state index in [0.717, 1.165) is 16.8 Å². The van der Waals surface area contributed by atoms with Crippen molar-refractivity contribution in [1.82, 2.24) is 4.98 Å². The third kappa shape index (κ3) is 2.42. The van der Waals surface area contributed by atoms with Crippen molar-refractivity contribution < 1.29 is 5.11 Å². The molecule has 3 N–H and O–H groups in total. The molecule has 0 aliphatic carbocycles. The highest BCUT2D eigenvalue weighted by atomic mass is 35.5. The minimum absolute atomic E-state index is 0.0923. The Hall–Kier alpha value is -1.84. The van der Waals surface area contributed by atoms with Gasteiger partial charge < -0.3 is 15.4 Å².